The van der Waals surface area contributed by atoms with E-state index < -0.39 is 23.3 Å². The standard InChI is InChI=1S/C12H7ClFNO3S/c13-8-3-4-19-10(8)11(16)15-6-1-2-7(12(17)18)9(14)5-6/h1-5H,(H,15,16)(H,17,18). The van der Waals surface area contributed by atoms with Crippen molar-refractivity contribution in [2.24, 2.45) is 0 Å². The number of anilines is 1. The van der Waals surface area contributed by atoms with Gasteiger partial charge in [-0.05, 0) is 29.6 Å². The monoisotopic (exact) mass is 299 g/mol. The first-order valence-corrected chi connectivity index (χ1v) is 6.32. The van der Waals surface area contributed by atoms with Crippen LogP contribution in [0.4, 0.5) is 10.1 Å². The topological polar surface area (TPSA) is 66.4 Å². The third-order valence-corrected chi connectivity index (χ3v) is 3.62. The highest BCUT2D eigenvalue weighted by Crippen LogP contribution is 2.23. The van der Waals surface area contributed by atoms with Gasteiger partial charge in [-0.15, -0.1) is 11.3 Å². The van der Waals surface area contributed by atoms with Crippen molar-refractivity contribution in [2.45, 2.75) is 0 Å². The van der Waals surface area contributed by atoms with Crippen LogP contribution in [0.25, 0.3) is 0 Å². The first-order valence-electron chi connectivity index (χ1n) is 5.06. The Morgan fingerprint density at radius 1 is 1.32 bits per heavy atom. The van der Waals surface area contributed by atoms with Crippen molar-refractivity contribution in [1.82, 2.24) is 0 Å². The molecule has 1 aromatic heterocycles. The first kappa shape index (κ1) is 13.5. The molecule has 0 bridgehead atoms. The van der Waals surface area contributed by atoms with Crippen molar-refractivity contribution in [2.75, 3.05) is 5.32 Å². The summed E-state index contributed by atoms with van der Waals surface area (Å²) >= 11 is 6.95. The summed E-state index contributed by atoms with van der Waals surface area (Å²) in [5.74, 6) is -2.75. The van der Waals surface area contributed by atoms with Gasteiger partial charge in [-0.1, -0.05) is 11.6 Å². The number of halogens is 2. The zero-order valence-electron chi connectivity index (χ0n) is 9.31. The summed E-state index contributed by atoms with van der Waals surface area (Å²) in [6, 6.07) is 4.92. The van der Waals surface area contributed by atoms with E-state index in [0.29, 0.717) is 9.90 Å². The summed E-state index contributed by atoms with van der Waals surface area (Å²) in [5, 5.41) is 13.1. The van der Waals surface area contributed by atoms with Gasteiger partial charge < -0.3 is 10.4 Å². The van der Waals surface area contributed by atoms with Gasteiger partial charge in [0.2, 0.25) is 0 Å². The van der Waals surface area contributed by atoms with Crippen LogP contribution in [0.2, 0.25) is 5.02 Å². The molecule has 7 heteroatoms. The lowest BCUT2D eigenvalue weighted by Crippen LogP contribution is -2.11. The van der Waals surface area contributed by atoms with Crippen LogP contribution in [0, 0.1) is 5.82 Å². The molecule has 0 atom stereocenters. The van der Waals surface area contributed by atoms with Crippen LogP contribution in [0.5, 0.6) is 0 Å². The maximum atomic E-state index is 13.4. The lowest BCUT2D eigenvalue weighted by atomic mass is 10.2. The number of carboxylic acids is 1. The van der Waals surface area contributed by atoms with E-state index in [1.54, 1.807) is 11.4 Å². The average Bonchev–Trinajstić information content (AvgIpc) is 2.75. The molecular formula is C12H7ClFNO3S. The highest BCUT2D eigenvalue weighted by Gasteiger charge is 2.14. The maximum Gasteiger partial charge on any atom is 0.338 e. The molecule has 19 heavy (non-hydrogen) atoms. The van der Waals surface area contributed by atoms with Crippen LogP contribution < -0.4 is 5.32 Å². The smallest absolute Gasteiger partial charge is 0.338 e. The van der Waals surface area contributed by atoms with Gasteiger partial charge in [-0.25, -0.2) is 9.18 Å². The molecule has 0 spiro atoms. The van der Waals surface area contributed by atoms with E-state index in [0.717, 1.165) is 23.5 Å². The number of aromatic carboxylic acids is 1. The summed E-state index contributed by atoms with van der Waals surface area (Å²) in [4.78, 5) is 22.8. The van der Waals surface area contributed by atoms with E-state index in [9.17, 15) is 14.0 Å². The normalized spacial score (nSPS) is 10.2. The van der Waals surface area contributed by atoms with Crippen LogP contribution in [-0.2, 0) is 0 Å². The van der Waals surface area contributed by atoms with Crippen molar-refractivity contribution in [3.05, 3.63) is 50.9 Å². The minimum atomic E-state index is -1.36. The second-order valence-electron chi connectivity index (χ2n) is 3.55. The van der Waals surface area contributed by atoms with E-state index in [1.165, 1.54) is 6.07 Å². The average molecular weight is 300 g/mol. The largest absolute Gasteiger partial charge is 0.478 e. The number of carbonyl (C=O) groups is 2. The molecule has 0 fully saturated rings. The van der Waals surface area contributed by atoms with Gasteiger partial charge in [-0.2, -0.15) is 0 Å². The molecular weight excluding hydrogens is 293 g/mol. The Morgan fingerprint density at radius 3 is 2.58 bits per heavy atom. The van der Waals surface area contributed by atoms with Crippen molar-refractivity contribution in [1.29, 1.82) is 0 Å². The number of carbonyl (C=O) groups excluding carboxylic acids is 1. The summed E-state index contributed by atoms with van der Waals surface area (Å²) in [6.07, 6.45) is 0. The molecule has 98 valence electrons. The number of amides is 1. The molecule has 0 aliphatic heterocycles. The zero-order valence-corrected chi connectivity index (χ0v) is 10.9. The van der Waals surface area contributed by atoms with Crippen molar-refractivity contribution in [3.63, 3.8) is 0 Å². The van der Waals surface area contributed by atoms with Gasteiger partial charge in [0.1, 0.15) is 10.7 Å². The molecule has 0 saturated heterocycles. The van der Waals surface area contributed by atoms with Crippen LogP contribution in [0.1, 0.15) is 20.0 Å². The van der Waals surface area contributed by atoms with Gasteiger partial charge in [-0.3, -0.25) is 4.79 Å². The number of rotatable bonds is 3. The number of carboxylic acid groups (broad SMARTS) is 1. The predicted octanol–water partition coefficient (Wildman–Crippen LogP) is 3.49. The maximum absolute atomic E-state index is 13.4. The third kappa shape index (κ3) is 2.91. The Kier molecular flexibility index (Phi) is 3.82. The van der Waals surface area contributed by atoms with Gasteiger partial charge in [0.25, 0.3) is 5.91 Å². The number of thiophene rings is 1. The first-order chi connectivity index (χ1) is 8.99. The second kappa shape index (κ2) is 5.38. The van der Waals surface area contributed by atoms with Gasteiger partial charge in [0.15, 0.2) is 0 Å². The molecule has 2 rings (SSSR count). The van der Waals surface area contributed by atoms with E-state index in [-0.39, 0.29) is 5.69 Å². The van der Waals surface area contributed by atoms with Crippen LogP contribution in [0.15, 0.2) is 29.6 Å². The fourth-order valence-electron chi connectivity index (χ4n) is 1.41. The number of nitrogens with one attached hydrogen (secondary N) is 1. The molecule has 1 aromatic carbocycles. The lowest BCUT2D eigenvalue weighted by molar-refractivity contribution is 0.0692. The van der Waals surface area contributed by atoms with E-state index in [2.05, 4.69) is 5.32 Å². The minimum Gasteiger partial charge on any atom is -0.478 e. The summed E-state index contributed by atoms with van der Waals surface area (Å²) in [7, 11) is 0. The molecule has 0 saturated carbocycles. The number of hydrogen-bond acceptors (Lipinski definition) is 3. The molecule has 4 nitrogen and oxygen atoms in total. The van der Waals surface area contributed by atoms with E-state index in [4.69, 9.17) is 16.7 Å². The molecule has 2 aromatic rings. The summed E-state index contributed by atoms with van der Waals surface area (Å²) < 4.78 is 13.4. The van der Waals surface area contributed by atoms with E-state index >= 15 is 0 Å². The molecule has 2 N–H and O–H groups in total. The molecule has 1 amide bonds. The van der Waals surface area contributed by atoms with Crippen LogP contribution in [0.3, 0.4) is 0 Å². The lowest BCUT2D eigenvalue weighted by Gasteiger charge is -2.05. The molecule has 0 aliphatic carbocycles. The second-order valence-corrected chi connectivity index (χ2v) is 4.87. The predicted molar refractivity (Wildman–Crippen MR) is 70.6 cm³/mol. The number of hydrogen-bond donors (Lipinski definition) is 2. The third-order valence-electron chi connectivity index (χ3n) is 2.28. The molecule has 0 aliphatic rings. The van der Waals surface area contributed by atoms with Gasteiger partial charge in [0, 0.05) is 5.69 Å². The van der Waals surface area contributed by atoms with Crippen molar-refractivity contribution in [3.8, 4) is 0 Å². The summed E-state index contributed by atoms with van der Waals surface area (Å²) in [6.45, 7) is 0. The molecule has 0 radical (unpaired) electrons. The van der Waals surface area contributed by atoms with Crippen LogP contribution in [-0.4, -0.2) is 17.0 Å². The Balaban J connectivity index is 2.21. The SMILES string of the molecule is O=C(O)c1ccc(NC(=O)c2sccc2Cl)cc1F. The van der Waals surface area contributed by atoms with E-state index in [1.807, 2.05) is 0 Å². The minimum absolute atomic E-state index is 0.164. The Labute approximate surface area is 116 Å². The highest BCUT2D eigenvalue weighted by molar-refractivity contribution is 7.12. The Morgan fingerprint density at radius 2 is 2.05 bits per heavy atom. The van der Waals surface area contributed by atoms with Crippen molar-refractivity contribution >= 4 is 40.5 Å². The Bertz CT molecular complexity index is 656. The van der Waals surface area contributed by atoms with Gasteiger partial charge >= 0.3 is 5.97 Å². The fraction of sp³-hybridized carbons (Fsp3) is 0. The zero-order chi connectivity index (χ0) is 14.0. The quantitative estimate of drug-likeness (QED) is 0.911. The molecule has 0 unspecified atom stereocenters. The summed E-state index contributed by atoms with van der Waals surface area (Å²) in [5.41, 5.74) is -0.288. The molecule has 1 heterocycles. The van der Waals surface area contributed by atoms with Gasteiger partial charge in [0.05, 0.1) is 10.6 Å². The number of benzene rings is 1. The van der Waals surface area contributed by atoms with Crippen LogP contribution >= 0.6 is 22.9 Å². The Hall–Kier alpha value is -1.92. The fourth-order valence-corrected chi connectivity index (χ4v) is 2.45. The highest BCUT2D eigenvalue weighted by atomic mass is 35.5. The van der Waals surface area contributed by atoms with Crippen molar-refractivity contribution < 1.29 is 19.1 Å².